The lowest BCUT2D eigenvalue weighted by atomic mass is 9.86. The first-order valence-corrected chi connectivity index (χ1v) is 9.69. The van der Waals surface area contributed by atoms with Crippen molar-refractivity contribution in [2.24, 2.45) is 5.92 Å². The third-order valence-corrected chi connectivity index (χ3v) is 5.39. The summed E-state index contributed by atoms with van der Waals surface area (Å²) in [4.78, 5) is 12.0. The van der Waals surface area contributed by atoms with Gasteiger partial charge in [0.25, 0.3) is 0 Å². The average molecular weight is 342 g/mol. The Bertz CT molecular complexity index is 676. The van der Waals surface area contributed by atoms with Gasteiger partial charge >= 0.3 is 0 Å². The number of nitrogens with one attached hydrogen (secondary N) is 2. The minimum atomic E-state index is -3.45. The summed E-state index contributed by atoms with van der Waals surface area (Å²) in [5.74, 6) is -0.522. The van der Waals surface area contributed by atoms with E-state index < -0.39 is 15.7 Å². The van der Waals surface area contributed by atoms with Gasteiger partial charge in [-0.1, -0.05) is 19.8 Å². The van der Waals surface area contributed by atoms with Gasteiger partial charge in [-0.05, 0) is 37.0 Å². The number of carbonyl (C=O) groups is 1. The number of carbonyl (C=O) groups excluding carboxylic acids is 1. The molecule has 0 spiro atoms. The van der Waals surface area contributed by atoms with Crippen LogP contribution in [0.2, 0.25) is 0 Å². The van der Waals surface area contributed by atoms with Crippen molar-refractivity contribution in [3.05, 3.63) is 24.0 Å². The first kappa shape index (κ1) is 17.9. The van der Waals surface area contributed by atoms with Crippen LogP contribution in [-0.2, 0) is 14.6 Å². The lowest BCUT2D eigenvalue weighted by Crippen LogP contribution is -2.41. The van der Waals surface area contributed by atoms with Crippen LogP contribution < -0.4 is 10.6 Å². The van der Waals surface area contributed by atoms with Crippen molar-refractivity contribution in [2.75, 3.05) is 18.1 Å². The minimum absolute atomic E-state index is 0.0249. The summed E-state index contributed by atoms with van der Waals surface area (Å²) in [6.07, 6.45) is 5.58. The van der Waals surface area contributed by atoms with Gasteiger partial charge in [-0.15, -0.1) is 0 Å². The molecule has 1 aromatic carbocycles. The fourth-order valence-corrected chi connectivity index (χ4v) is 3.52. The quantitative estimate of drug-likeness (QED) is 0.806. The number of anilines is 1. The molecular weight excluding hydrogens is 319 g/mol. The second-order valence-electron chi connectivity index (χ2n) is 6.21. The van der Waals surface area contributed by atoms with Crippen molar-refractivity contribution in [2.45, 2.75) is 43.5 Å². The van der Waals surface area contributed by atoms with E-state index in [0.717, 1.165) is 37.7 Å². The molecule has 23 heavy (non-hydrogen) atoms. The lowest BCUT2D eigenvalue weighted by molar-refractivity contribution is -0.115. The van der Waals surface area contributed by atoms with Gasteiger partial charge in [-0.2, -0.15) is 0 Å². The Labute approximate surface area is 136 Å². The standard InChI is InChI=1S/C16H23FN2O3S/c1-11-5-3-4-6-14(11)18-10-16(20)19-15-9-12(23(2,21)22)7-8-13(15)17/h7-9,11,14,18H,3-6,10H2,1-2H3,(H,19,20)/t11-,14-/m1/s1. The number of hydrogen-bond donors (Lipinski definition) is 2. The Morgan fingerprint density at radius 3 is 2.65 bits per heavy atom. The van der Waals surface area contributed by atoms with Gasteiger partial charge < -0.3 is 10.6 Å². The van der Waals surface area contributed by atoms with Gasteiger partial charge in [-0.25, -0.2) is 12.8 Å². The Hall–Kier alpha value is -1.47. The van der Waals surface area contributed by atoms with Gasteiger partial charge in [0.15, 0.2) is 9.84 Å². The number of amides is 1. The summed E-state index contributed by atoms with van der Waals surface area (Å²) >= 11 is 0. The van der Waals surface area contributed by atoms with E-state index in [1.807, 2.05) is 0 Å². The molecule has 1 amide bonds. The monoisotopic (exact) mass is 342 g/mol. The zero-order valence-electron chi connectivity index (χ0n) is 13.4. The molecule has 0 saturated heterocycles. The van der Waals surface area contributed by atoms with E-state index in [1.165, 1.54) is 12.5 Å². The predicted molar refractivity (Wildman–Crippen MR) is 87.6 cm³/mol. The highest BCUT2D eigenvalue weighted by Crippen LogP contribution is 2.23. The number of sulfone groups is 1. The fourth-order valence-electron chi connectivity index (χ4n) is 2.87. The van der Waals surface area contributed by atoms with Gasteiger partial charge in [0.05, 0.1) is 17.1 Å². The molecule has 0 radical (unpaired) electrons. The molecule has 7 heteroatoms. The Morgan fingerprint density at radius 2 is 2.00 bits per heavy atom. The molecule has 0 bridgehead atoms. The number of rotatable bonds is 5. The van der Waals surface area contributed by atoms with Crippen LogP contribution in [-0.4, -0.2) is 33.2 Å². The minimum Gasteiger partial charge on any atom is -0.322 e. The molecule has 128 valence electrons. The zero-order valence-corrected chi connectivity index (χ0v) is 14.2. The van der Waals surface area contributed by atoms with Crippen LogP contribution in [0.4, 0.5) is 10.1 Å². The number of benzene rings is 1. The lowest BCUT2D eigenvalue weighted by Gasteiger charge is -2.29. The number of halogens is 1. The van der Waals surface area contributed by atoms with Crippen molar-refractivity contribution >= 4 is 21.4 Å². The second kappa shape index (κ2) is 7.40. The van der Waals surface area contributed by atoms with Crippen molar-refractivity contribution < 1.29 is 17.6 Å². The van der Waals surface area contributed by atoms with Crippen molar-refractivity contribution in [1.82, 2.24) is 5.32 Å². The normalized spacial score (nSPS) is 21.9. The van der Waals surface area contributed by atoms with Gasteiger partial charge in [-0.3, -0.25) is 4.79 Å². The van der Waals surface area contributed by atoms with Crippen LogP contribution in [0.25, 0.3) is 0 Å². The van der Waals surface area contributed by atoms with E-state index in [4.69, 9.17) is 0 Å². The van der Waals surface area contributed by atoms with E-state index >= 15 is 0 Å². The van der Waals surface area contributed by atoms with Gasteiger partial charge in [0.2, 0.25) is 5.91 Å². The summed E-state index contributed by atoms with van der Waals surface area (Å²) < 4.78 is 36.8. The van der Waals surface area contributed by atoms with Crippen LogP contribution in [0.15, 0.2) is 23.1 Å². The predicted octanol–water partition coefficient (Wildman–Crippen LogP) is 2.34. The molecule has 2 N–H and O–H groups in total. The molecule has 1 aliphatic carbocycles. The highest BCUT2D eigenvalue weighted by Gasteiger charge is 2.21. The molecule has 1 aromatic rings. The Balaban J connectivity index is 1.97. The van der Waals surface area contributed by atoms with E-state index in [0.29, 0.717) is 12.0 Å². The van der Waals surface area contributed by atoms with Gasteiger partial charge in [0.1, 0.15) is 5.82 Å². The second-order valence-corrected chi connectivity index (χ2v) is 8.23. The fraction of sp³-hybridized carbons (Fsp3) is 0.562. The van der Waals surface area contributed by atoms with E-state index in [2.05, 4.69) is 17.6 Å². The molecule has 0 aliphatic heterocycles. The van der Waals surface area contributed by atoms with Crippen LogP contribution in [0.1, 0.15) is 32.6 Å². The molecular formula is C16H23FN2O3S. The van der Waals surface area contributed by atoms with Crippen LogP contribution in [0.5, 0.6) is 0 Å². The summed E-state index contributed by atoms with van der Waals surface area (Å²) in [5.41, 5.74) is -0.114. The van der Waals surface area contributed by atoms with E-state index in [-0.39, 0.29) is 23.0 Å². The Morgan fingerprint density at radius 1 is 1.30 bits per heavy atom. The van der Waals surface area contributed by atoms with Crippen LogP contribution >= 0.6 is 0 Å². The maximum Gasteiger partial charge on any atom is 0.238 e. The largest absolute Gasteiger partial charge is 0.322 e. The third-order valence-electron chi connectivity index (χ3n) is 4.28. The first-order chi connectivity index (χ1) is 10.8. The molecule has 0 aromatic heterocycles. The van der Waals surface area contributed by atoms with E-state index in [1.54, 1.807) is 0 Å². The van der Waals surface area contributed by atoms with Crippen molar-refractivity contribution in [3.63, 3.8) is 0 Å². The molecule has 1 saturated carbocycles. The molecule has 2 rings (SSSR count). The van der Waals surface area contributed by atoms with Crippen molar-refractivity contribution in [1.29, 1.82) is 0 Å². The molecule has 0 unspecified atom stereocenters. The third kappa shape index (κ3) is 5.00. The van der Waals surface area contributed by atoms with Crippen molar-refractivity contribution in [3.8, 4) is 0 Å². The molecule has 0 heterocycles. The zero-order chi connectivity index (χ0) is 17.0. The summed E-state index contributed by atoms with van der Waals surface area (Å²) in [6, 6.07) is 3.66. The maximum absolute atomic E-state index is 13.7. The summed E-state index contributed by atoms with van der Waals surface area (Å²) in [7, 11) is -3.45. The average Bonchev–Trinajstić information content (AvgIpc) is 2.47. The summed E-state index contributed by atoms with van der Waals surface area (Å²) in [6.45, 7) is 2.24. The topological polar surface area (TPSA) is 75.3 Å². The maximum atomic E-state index is 13.7. The van der Waals surface area contributed by atoms with Crippen LogP contribution in [0.3, 0.4) is 0 Å². The SMILES string of the molecule is C[C@@H]1CCCC[C@H]1NCC(=O)Nc1cc(S(C)(=O)=O)ccc1F. The molecule has 1 aliphatic rings. The molecule has 1 fully saturated rings. The Kier molecular flexibility index (Phi) is 5.75. The molecule has 2 atom stereocenters. The number of hydrogen-bond acceptors (Lipinski definition) is 4. The summed E-state index contributed by atoms with van der Waals surface area (Å²) in [5, 5.41) is 5.64. The smallest absolute Gasteiger partial charge is 0.238 e. The highest BCUT2D eigenvalue weighted by atomic mass is 32.2. The highest BCUT2D eigenvalue weighted by molar-refractivity contribution is 7.90. The molecule has 5 nitrogen and oxygen atoms in total. The first-order valence-electron chi connectivity index (χ1n) is 7.80. The van der Waals surface area contributed by atoms with Crippen LogP contribution in [0, 0.1) is 11.7 Å². The van der Waals surface area contributed by atoms with E-state index in [9.17, 15) is 17.6 Å². The van der Waals surface area contributed by atoms with Gasteiger partial charge in [0, 0.05) is 12.3 Å².